The van der Waals surface area contributed by atoms with Gasteiger partial charge in [0.1, 0.15) is 31.8 Å². The maximum atomic E-state index is 5.26. The molecule has 0 unspecified atom stereocenters. The largest absolute Gasteiger partial charge is 0.226 e. The van der Waals surface area contributed by atoms with Gasteiger partial charge in [-0.05, 0) is 79.4 Å². The fourth-order valence-electron chi connectivity index (χ4n) is 5.92. The third-order valence-corrected chi connectivity index (χ3v) is 17.4. The summed E-state index contributed by atoms with van der Waals surface area (Å²) < 4.78 is 0. The summed E-state index contributed by atoms with van der Waals surface area (Å²) in [6, 6.07) is 66.6. The Morgan fingerprint density at radius 3 is 0.585 bits per heavy atom. The van der Waals surface area contributed by atoms with Crippen molar-refractivity contribution in [2.45, 2.75) is 0 Å². The Hall–Kier alpha value is -3.39. The van der Waals surface area contributed by atoms with Crippen molar-refractivity contribution in [2.24, 2.45) is 0 Å². The molecule has 0 bridgehead atoms. The van der Waals surface area contributed by atoms with E-state index < -0.39 is 14.5 Å². The van der Waals surface area contributed by atoms with E-state index in [0.717, 1.165) is 0 Å². The van der Waals surface area contributed by atoms with Crippen molar-refractivity contribution in [3.05, 3.63) is 194 Å². The number of hydrogen-bond donors (Lipinski definition) is 0. The number of hydrogen-bond acceptors (Lipinski definition) is 0. The molecule has 0 nitrogen and oxygen atoms in total. The van der Waals surface area contributed by atoms with E-state index in [4.69, 9.17) is 6.58 Å². The topological polar surface area (TPSA) is 0 Å². The van der Waals surface area contributed by atoms with Crippen molar-refractivity contribution in [2.75, 3.05) is 0 Å². The van der Waals surface area contributed by atoms with Gasteiger partial charge in [0.2, 0.25) is 5.06 Å². The van der Waals surface area contributed by atoms with Gasteiger partial charge in [0.25, 0.3) is 0 Å². The van der Waals surface area contributed by atoms with E-state index >= 15 is 0 Å². The molecule has 6 aromatic carbocycles. The second-order valence-corrected chi connectivity index (χ2v) is 17.0. The van der Waals surface area contributed by atoms with Crippen LogP contribution in [-0.2, 0) is 21.1 Å². The molecule has 202 valence electrons. The van der Waals surface area contributed by atoms with Crippen LogP contribution < -0.4 is 31.8 Å². The average Bonchev–Trinajstić information content (AvgIpc) is 3.05. The third kappa shape index (κ3) is 5.11. The van der Waals surface area contributed by atoms with E-state index in [1.807, 2.05) is 0 Å². The first-order chi connectivity index (χ1) is 19.8. The molecular weight excluding hydrogens is 713 g/mol. The molecule has 0 aliphatic carbocycles. The SMILES string of the molecule is C=C([P+](c1ccccc1)(c1ccccc1)c1ccccc1)[P+](c1ccccc1)(c1ccccc1)c1ccccc1.[Pt]. The van der Waals surface area contributed by atoms with Gasteiger partial charge in [0.15, 0.2) is 14.5 Å². The van der Waals surface area contributed by atoms with Gasteiger partial charge in [-0.3, -0.25) is 0 Å². The molecule has 41 heavy (non-hydrogen) atoms. The molecule has 0 saturated heterocycles. The minimum absolute atomic E-state index is 0. The molecule has 0 heterocycles. The van der Waals surface area contributed by atoms with Crippen molar-refractivity contribution in [3.63, 3.8) is 0 Å². The predicted octanol–water partition coefficient (Wildman–Crippen LogP) is 7.44. The molecule has 0 aromatic heterocycles. The molecule has 6 rings (SSSR count). The van der Waals surface area contributed by atoms with Gasteiger partial charge in [-0.15, -0.1) is 0 Å². The van der Waals surface area contributed by atoms with Gasteiger partial charge >= 0.3 is 0 Å². The third-order valence-electron chi connectivity index (χ3n) is 7.64. The summed E-state index contributed by atoms with van der Waals surface area (Å²) in [5.41, 5.74) is 0. The predicted molar refractivity (Wildman–Crippen MR) is 179 cm³/mol. The van der Waals surface area contributed by atoms with Crippen LogP contribution in [-0.4, -0.2) is 0 Å². The zero-order chi connectivity index (χ0) is 27.3. The maximum Gasteiger partial charge on any atom is 0.226 e. The van der Waals surface area contributed by atoms with Crippen molar-refractivity contribution in [3.8, 4) is 0 Å². The minimum atomic E-state index is -2.41. The van der Waals surface area contributed by atoms with Crippen LogP contribution in [0.5, 0.6) is 0 Å². The summed E-state index contributed by atoms with van der Waals surface area (Å²) in [6.45, 7) is 5.26. The van der Waals surface area contributed by atoms with E-state index in [2.05, 4.69) is 182 Å². The van der Waals surface area contributed by atoms with Crippen molar-refractivity contribution >= 4 is 46.4 Å². The van der Waals surface area contributed by atoms with Gasteiger partial charge in [0.05, 0.1) is 0 Å². The zero-order valence-corrected chi connectivity index (χ0v) is 26.8. The van der Waals surface area contributed by atoms with Crippen LogP contribution in [0, 0.1) is 0 Å². The smallest absolute Gasteiger partial charge is 0.0620 e. The number of benzene rings is 6. The standard InChI is InChI=1S/C38H32P2.Pt/c1-32(39(33-20-8-2-9-21-33,34-22-10-3-11-23-34)35-24-12-4-13-25-35)40(36-26-14-5-15-27-36,37-28-16-6-17-29-37)38-30-18-7-19-31-38;/h2-31H,1H2;/q+2;. The second-order valence-electron chi connectivity index (χ2n) is 9.77. The zero-order valence-electron chi connectivity index (χ0n) is 22.7. The molecule has 0 spiro atoms. The van der Waals surface area contributed by atoms with E-state index in [9.17, 15) is 0 Å². The average molecular weight is 746 g/mol. The molecule has 0 amide bonds. The molecule has 0 aliphatic heterocycles. The van der Waals surface area contributed by atoms with Crippen LogP contribution in [0.15, 0.2) is 194 Å². The first-order valence-corrected chi connectivity index (χ1v) is 17.2. The van der Waals surface area contributed by atoms with E-state index in [0.29, 0.717) is 0 Å². The first-order valence-electron chi connectivity index (χ1n) is 13.6. The molecule has 0 fully saturated rings. The monoisotopic (exact) mass is 745 g/mol. The maximum absolute atomic E-state index is 5.26. The van der Waals surface area contributed by atoms with Gasteiger partial charge < -0.3 is 0 Å². The Morgan fingerprint density at radius 1 is 0.293 bits per heavy atom. The molecule has 0 N–H and O–H groups in total. The molecule has 0 radical (unpaired) electrons. The Bertz CT molecular complexity index is 1350. The molecule has 0 saturated carbocycles. The van der Waals surface area contributed by atoms with Gasteiger partial charge in [-0.1, -0.05) is 109 Å². The molecule has 0 aliphatic rings. The quantitative estimate of drug-likeness (QED) is 0.142. The summed E-state index contributed by atoms with van der Waals surface area (Å²) in [4.78, 5) is 0. The van der Waals surface area contributed by atoms with Crippen LogP contribution >= 0.6 is 14.5 Å². The Labute approximate surface area is 259 Å². The Kier molecular flexibility index (Phi) is 9.28. The summed E-state index contributed by atoms with van der Waals surface area (Å²) in [6.07, 6.45) is 0. The number of rotatable bonds is 8. The molecule has 0 atom stereocenters. The van der Waals surface area contributed by atoms with Crippen molar-refractivity contribution in [1.82, 2.24) is 0 Å². The second kappa shape index (κ2) is 13.1. The van der Waals surface area contributed by atoms with Crippen LogP contribution in [0.3, 0.4) is 0 Å². The fourth-order valence-corrected chi connectivity index (χ4v) is 17.1. The van der Waals surface area contributed by atoms with E-state index in [1.165, 1.54) is 36.9 Å². The van der Waals surface area contributed by atoms with E-state index in [-0.39, 0.29) is 21.1 Å². The van der Waals surface area contributed by atoms with Crippen LogP contribution in [0.2, 0.25) is 0 Å². The summed E-state index contributed by atoms with van der Waals surface area (Å²) in [7, 11) is -4.81. The fraction of sp³-hybridized carbons (Fsp3) is 0. The summed E-state index contributed by atoms with van der Waals surface area (Å²) >= 11 is 0. The summed E-state index contributed by atoms with van der Waals surface area (Å²) in [5.74, 6) is 0. The summed E-state index contributed by atoms with van der Waals surface area (Å²) in [5, 5.41) is 9.24. The Morgan fingerprint density at radius 2 is 0.439 bits per heavy atom. The van der Waals surface area contributed by atoms with Crippen LogP contribution in [0.25, 0.3) is 0 Å². The van der Waals surface area contributed by atoms with Crippen molar-refractivity contribution < 1.29 is 21.1 Å². The normalized spacial score (nSPS) is 11.3. The van der Waals surface area contributed by atoms with E-state index in [1.54, 1.807) is 0 Å². The molecule has 6 aromatic rings. The van der Waals surface area contributed by atoms with Gasteiger partial charge in [0, 0.05) is 21.1 Å². The van der Waals surface area contributed by atoms with Crippen molar-refractivity contribution in [1.29, 1.82) is 0 Å². The van der Waals surface area contributed by atoms with Gasteiger partial charge in [-0.2, -0.15) is 0 Å². The minimum Gasteiger partial charge on any atom is -0.0620 e. The molecule has 3 heteroatoms. The van der Waals surface area contributed by atoms with Crippen LogP contribution in [0.4, 0.5) is 0 Å². The molecular formula is C38H32P2Pt+2. The van der Waals surface area contributed by atoms with Crippen LogP contribution in [0.1, 0.15) is 0 Å². The van der Waals surface area contributed by atoms with Gasteiger partial charge in [-0.25, -0.2) is 0 Å². The Balaban J connectivity index is 0.00000337. The first kappa shape index (κ1) is 29.1.